The Balaban J connectivity index is 2.35. The summed E-state index contributed by atoms with van der Waals surface area (Å²) in [6.07, 6.45) is 9.88. The lowest BCUT2D eigenvalue weighted by atomic mass is 9.89. The Morgan fingerprint density at radius 3 is 2.06 bits per heavy atom. The van der Waals surface area contributed by atoms with Crippen molar-refractivity contribution in [2.45, 2.75) is 78.7 Å². The number of hydrogen-bond acceptors (Lipinski definition) is 1. The van der Waals surface area contributed by atoms with Crippen molar-refractivity contribution in [2.24, 2.45) is 11.8 Å². The number of nitrogens with zero attached hydrogens (tertiary/aromatic N) is 1. The molecule has 102 valence electrons. The van der Waals surface area contributed by atoms with Crippen LogP contribution in [0, 0.1) is 11.8 Å². The van der Waals surface area contributed by atoms with Gasteiger partial charge < -0.3 is 4.90 Å². The molecule has 1 saturated heterocycles. The zero-order valence-corrected chi connectivity index (χ0v) is 12.5. The summed E-state index contributed by atoms with van der Waals surface area (Å²) in [5.41, 5.74) is 0. The largest absolute Gasteiger partial charge is 0.300 e. The van der Waals surface area contributed by atoms with E-state index in [0.29, 0.717) is 0 Å². The molecule has 0 aromatic rings. The average molecular weight is 239 g/mol. The van der Waals surface area contributed by atoms with Crippen molar-refractivity contribution in [2.75, 3.05) is 13.1 Å². The Morgan fingerprint density at radius 1 is 0.941 bits per heavy atom. The van der Waals surface area contributed by atoms with E-state index in [1.54, 1.807) is 0 Å². The van der Waals surface area contributed by atoms with Gasteiger partial charge in [0.2, 0.25) is 0 Å². The fraction of sp³-hybridized carbons (Fsp3) is 1.00. The summed E-state index contributed by atoms with van der Waals surface area (Å²) in [7, 11) is 0. The first kappa shape index (κ1) is 15.0. The van der Waals surface area contributed by atoms with E-state index in [0.717, 1.165) is 17.9 Å². The molecule has 1 heterocycles. The Hall–Kier alpha value is -0.0400. The first-order chi connectivity index (χ1) is 8.15. The quantitative estimate of drug-likeness (QED) is 0.648. The number of rotatable bonds is 6. The van der Waals surface area contributed by atoms with Gasteiger partial charge in [-0.3, -0.25) is 0 Å². The van der Waals surface area contributed by atoms with E-state index in [2.05, 4.69) is 32.6 Å². The first-order valence-corrected chi connectivity index (χ1v) is 7.89. The van der Waals surface area contributed by atoms with Crippen LogP contribution < -0.4 is 0 Å². The smallest absolute Gasteiger partial charge is 0.00926 e. The van der Waals surface area contributed by atoms with Gasteiger partial charge in [-0.2, -0.15) is 0 Å². The monoisotopic (exact) mass is 239 g/mol. The SMILES string of the molecule is CCCC(C)CC(C)C(C)N1CCCCCC1. The molecule has 1 nitrogen and oxygen atoms in total. The minimum absolute atomic E-state index is 0.785. The van der Waals surface area contributed by atoms with Crippen LogP contribution in [-0.4, -0.2) is 24.0 Å². The maximum Gasteiger partial charge on any atom is 0.00926 e. The van der Waals surface area contributed by atoms with Gasteiger partial charge in [0.25, 0.3) is 0 Å². The molecule has 1 fully saturated rings. The second-order valence-electron chi connectivity index (χ2n) is 6.30. The molecule has 0 N–H and O–H groups in total. The normalized spacial score (nSPS) is 24.0. The van der Waals surface area contributed by atoms with E-state index >= 15 is 0 Å². The lowest BCUT2D eigenvalue weighted by Crippen LogP contribution is -2.38. The van der Waals surface area contributed by atoms with Gasteiger partial charge in [0.15, 0.2) is 0 Å². The minimum Gasteiger partial charge on any atom is -0.300 e. The minimum atomic E-state index is 0.785. The molecule has 3 atom stereocenters. The lowest BCUT2D eigenvalue weighted by Gasteiger charge is -2.33. The summed E-state index contributed by atoms with van der Waals surface area (Å²) in [6.45, 7) is 12.3. The highest BCUT2D eigenvalue weighted by Crippen LogP contribution is 2.24. The standard InChI is InChI=1S/C16H33N/c1-5-10-14(2)13-15(3)16(4)17-11-8-6-7-9-12-17/h14-16H,5-13H2,1-4H3. The van der Waals surface area contributed by atoms with Crippen molar-refractivity contribution >= 4 is 0 Å². The zero-order valence-electron chi connectivity index (χ0n) is 12.5. The van der Waals surface area contributed by atoms with Crippen LogP contribution in [0.25, 0.3) is 0 Å². The third-order valence-corrected chi connectivity index (χ3v) is 4.60. The lowest BCUT2D eigenvalue weighted by molar-refractivity contribution is 0.151. The molecule has 0 radical (unpaired) electrons. The molecule has 1 heteroatoms. The van der Waals surface area contributed by atoms with Crippen molar-refractivity contribution in [3.05, 3.63) is 0 Å². The summed E-state index contributed by atoms with van der Waals surface area (Å²) in [5, 5.41) is 0. The number of hydrogen-bond donors (Lipinski definition) is 0. The Labute approximate surface area is 109 Å². The van der Waals surface area contributed by atoms with Crippen LogP contribution in [0.5, 0.6) is 0 Å². The van der Waals surface area contributed by atoms with Gasteiger partial charge in [0.1, 0.15) is 0 Å². The van der Waals surface area contributed by atoms with Gasteiger partial charge in [-0.25, -0.2) is 0 Å². The molecule has 1 rings (SSSR count). The molecule has 1 aliphatic heterocycles. The van der Waals surface area contributed by atoms with Gasteiger partial charge in [0.05, 0.1) is 0 Å². The molecule has 3 unspecified atom stereocenters. The fourth-order valence-corrected chi connectivity index (χ4v) is 3.30. The van der Waals surface area contributed by atoms with Gasteiger partial charge in [0, 0.05) is 6.04 Å². The molecule has 0 aromatic carbocycles. The third-order valence-electron chi connectivity index (χ3n) is 4.60. The zero-order chi connectivity index (χ0) is 12.7. The summed E-state index contributed by atoms with van der Waals surface area (Å²) in [5.74, 6) is 1.76. The Bertz CT molecular complexity index is 182. The van der Waals surface area contributed by atoms with Gasteiger partial charge >= 0.3 is 0 Å². The van der Waals surface area contributed by atoms with Crippen LogP contribution in [0.4, 0.5) is 0 Å². The van der Waals surface area contributed by atoms with E-state index < -0.39 is 0 Å². The molecular weight excluding hydrogens is 206 g/mol. The van der Waals surface area contributed by atoms with Crippen molar-refractivity contribution in [1.29, 1.82) is 0 Å². The molecule has 0 spiro atoms. The predicted molar refractivity (Wildman–Crippen MR) is 77.4 cm³/mol. The van der Waals surface area contributed by atoms with Gasteiger partial charge in [-0.15, -0.1) is 0 Å². The number of likely N-dealkylation sites (tertiary alicyclic amines) is 1. The van der Waals surface area contributed by atoms with Crippen LogP contribution in [0.15, 0.2) is 0 Å². The molecule has 17 heavy (non-hydrogen) atoms. The van der Waals surface area contributed by atoms with E-state index in [-0.39, 0.29) is 0 Å². The fourth-order valence-electron chi connectivity index (χ4n) is 3.30. The predicted octanol–water partition coefficient (Wildman–Crippen LogP) is 4.71. The van der Waals surface area contributed by atoms with Crippen LogP contribution >= 0.6 is 0 Å². The molecule has 0 aromatic heterocycles. The second-order valence-corrected chi connectivity index (χ2v) is 6.30. The highest BCUT2D eigenvalue weighted by molar-refractivity contribution is 4.76. The molecule has 1 aliphatic rings. The van der Waals surface area contributed by atoms with E-state index in [1.807, 2.05) is 0 Å². The van der Waals surface area contributed by atoms with Crippen molar-refractivity contribution in [3.8, 4) is 0 Å². The van der Waals surface area contributed by atoms with E-state index in [9.17, 15) is 0 Å². The summed E-state index contributed by atoms with van der Waals surface area (Å²) < 4.78 is 0. The van der Waals surface area contributed by atoms with Crippen molar-refractivity contribution in [3.63, 3.8) is 0 Å². The molecule has 0 amide bonds. The Morgan fingerprint density at radius 2 is 1.53 bits per heavy atom. The maximum absolute atomic E-state index is 2.75. The maximum atomic E-state index is 2.75. The van der Waals surface area contributed by atoms with Crippen molar-refractivity contribution < 1.29 is 0 Å². The second kappa shape index (κ2) is 8.13. The topological polar surface area (TPSA) is 3.24 Å². The molecule has 0 saturated carbocycles. The first-order valence-electron chi connectivity index (χ1n) is 7.89. The highest BCUT2D eigenvalue weighted by atomic mass is 15.1. The third kappa shape index (κ3) is 5.42. The van der Waals surface area contributed by atoms with Gasteiger partial charge in [-0.05, 0) is 51.1 Å². The van der Waals surface area contributed by atoms with Crippen LogP contribution in [0.1, 0.15) is 72.6 Å². The highest BCUT2D eigenvalue weighted by Gasteiger charge is 2.22. The average Bonchev–Trinajstić information content (AvgIpc) is 2.56. The molecule has 0 bridgehead atoms. The van der Waals surface area contributed by atoms with Crippen LogP contribution in [-0.2, 0) is 0 Å². The Kier molecular flexibility index (Phi) is 7.18. The summed E-state index contributed by atoms with van der Waals surface area (Å²) in [4.78, 5) is 2.75. The summed E-state index contributed by atoms with van der Waals surface area (Å²) in [6, 6.07) is 0.785. The van der Waals surface area contributed by atoms with Crippen molar-refractivity contribution in [1.82, 2.24) is 4.90 Å². The summed E-state index contributed by atoms with van der Waals surface area (Å²) >= 11 is 0. The van der Waals surface area contributed by atoms with Crippen LogP contribution in [0.3, 0.4) is 0 Å². The van der Waals surface area contributed by atoms with E-state index in [4.69, 9.17) is 0 Å². The van der Waals surface area contributed by atoms with E-state index in [1.165, 1.54) is 58.0 Å². The molecule has 0 aliphatic carbocycles. The van der Waals surface area contributed by atoms with Gasteiger partial charge in [-0.1, -0.05) is 46.5 Å². The molecular formula is C16H33N. The van der Waals surface area contributed by atoms with Crippen LogP contribution in [0.2, 0.25) is 0 Å².